The van der Waals surface area contributed by atoms with Gasteiger partial charge in [0.1, 0.15) is 5.75 Å². The van der Waals surface area contributed by atoms with E-state index in [0.717, 1.165) is 5.75 Å². The molecule has 0 bridgehead atoms. The lowest BCUT2D eigenvalue weighted by atomic mass is 10.2. The summed E-state index contributed by atoms with van der Waals surface area (Å²) in [5.74, 6) is 1.32. The fourth-order valence-corrected chi connectivity index (χ4v) is 2.90. The molecule has 0 aromatic heterocycles. The number of benzene rings is 2. The van der Waals surface area contributed by atoms with E-state index in [0.29, 0.717) is 16.5 Å². The topological polar surface area (TPSA) is 38.3 Å². The van der Waals surface area contributed by atoms with Crippen molar-refractivity contribution in [2.45, 2.75) is 17.9 Å². The molecule has 2 rings (SSSR count). The Bertz CT molecular complexity index is 634. The van der Waals surface area contributed by atoms with Crippen LogP contribution in [0.4, 0.5) is 5.69 Å². The Labute approximate surface area is 140 Å². The van der Waals surface area contributed by atoms with E-state index in [-0.39, 0.29) is 11.2 Å². The molecule has 3 nitrogen and oxygen atoms in total. The molecule has 0 aliphatic heterocycles. The maximum Gasteiger partial charge on any atom is 0.237 e. The molecule has 0 spiro atoms. The summed E-state index contributed by atoms with van der Waals surface area (Å²) in [5.41, 5.74) is 1.79. The number of amides is 1. The number of ether oxygens (including phenoxy) is 1. The van der Waals surface area contributed by atoms with Crippen molar-refractivity contribution in [1.29, 1.82) is 0 Å². The zero-order chi connectivity index (χ0) is 15.9. The second-order valence-electron chi connectivity index (χ2n) is 4.77. The summed E-state index contributed by atoms with van der Waals surface area (Å²) in [7, 11) is 1.56. The van der Waals surface area contributed by atoms with Crippen LogP contribution in [0.25, 0.3) is 0 Å². The van der Waals surface area contributed by atoms with Gasteiger partial charge in [-0.2, -0.15) is 0 Å². The fraction of sp³-hybridized carbons (Fsp3) is 0.235. The van der Waals surface area contributed by atoms with Crippen LogP contribution in [0.5, 0.6) is 5.75 Å². The molecule has 1 amide bonds. The van der Waals surface area contributed by atoms with Crippen LogP contribution in [0.3, 0.4) is 0 Å². The Balaban J connectivity index is 1.95. The smallest absolute Gasteiger partial charge is 0.237 e. The van der Waals surface area contributed by atoms with Crippen LogP contribution in [0.15, 0.2) is 48.5 Å². The molecule has 22 heavy (non-hydrogen) atoms. The molecule has 116 valence electrons. The summed E-state index contributed by atoms with van der Waals surface area (Å²) in [4.78, 5) is 12.3. The summed E-state index contributed by atoms with van der Waals surface area (Å²) >= 11 is 7.55. The molecule has 2 aromatic rings. The average molecular weight is 336 g/mol. The minimum atomic E-state index is -0.177. The van der Waals surface area contributed by atoms with E-state index in [4.69, 9.17) is 16.3 Å². The molecule has 0 saturated carbocycles. The van der Waals surface area contributed by atoms with Crippen molar-refractivity contribution < 1.29 is 9.53 Å². The van der Waals surface area contributed by atoms with E-state index in [1.165, 1.54) is 5.56 Å². The number of carbonyl (C=O) groups is 1. The van der Waals surface area contributed by atoms with Gasteiger partial charge in [0.25, 0.3) is 0 Å². The summed E-state index contributed by atoms with van der Waals surface area (Å²) in [6.45, 7) is 1.89. The van der Waals surface area contributed by atoms with Crippen molar-refractivity contribution in [2.24, 2.45) is 0 Å². The van der Waals surface area contributed by atoms with Gasteiger partial charge in [-0.25, -0.2) is 0 Å². The lowest BCUT2D eigenvalue weighted by Crippen LogP contribution is -2.22. The third-order valence-corrected chi connectivity index (χ3v) is 4.58. The molecule has 0 aliphatic carbocycles. The number of thioether (sulfide) groups is 1. The number of hydrogen-bond donors (Lipinski definition) is 1. The first-order chi connectivity index (χ1) is 10.6. The van der Waals surface area contributed by atoms with Gasteiger partial charge in [-0.3, -0.25) is 4.79 Å². The highest BCUT2D eigenvalue weighted by Crippen LogP contribution is 2.28. The SMILES string of the molecule is COc1ccc(Cl)cc1NC(=O)[C@@H](C)SCc1ccccc1. The molecule has 0 fully saturated rings. The van der Waals surface area contributed by atoms with Crippen LogP contribution in [-0.2, 0) is 10.5 Å². The monoisotopic (exact) mass is 335 g/mol. The van der Waals surface area contributed by atoms with Crippen LogP contribution in [0.1, 0.15) is 12.5 Å². The van der Waals surface area contributed by atoms with Gasteiger partial charge in [0, 0.05) is 10.8 Å². The van der Waals surface area contributed by atoms with Gasteiger partial charge in [-0.05, 0) is 30.7 Å². The Morgan fingerprint density at radius 2 is 2.00 bits per heavy atom. The number of hydrogen-bond acceptors (Lipinski definition) is 3. The number of halogens is 1. The predicted molar refractivity (Wildman–Crippen MR) is 93.8 cm³/mol. The van der Waals surface area contributed by atoms with Gasteiger partial charge in [0.05, 0.1) is 18.0 Å². The van der Waals surface area contributed by atoms with Crippen LogP contribution >= 0.6 is 23.4 Å². The Morgan fingerprint density at radius 3 is 2.68 bits per heavy atom. The van der Waals surface area contributed by atoms with E-state index < -0.39 is 0 Å². The number of anilines is 1. The Hall–Kier alpha value is -1.65. The molecule has 0 radical (unpaired) electrons. The van der Waals surface area contributed by atoms with Gasteiger partial charge in [-0.1, -0.05) is 41.9 Å². The molecule has 5 heteroatoms. The van der Waals surface area contributed by atoms with E-state index >= 15 is 0 Å². The molecule has 0 unspecified atom stereocenters. The molecule has 2 aromatic carbocycles. The summed E-state index contributed by atoms with van der Waals surface area (Å²) in [6.07, 6.45) is 0. The van der Waals surface area contributed by atoms with E-state index in [1.807, 2.05) is 25.1 Å². The Kier molecular flexibility index (Phi) is 6.16. The van der Waals surface area contributed by atoms with Crippen molar-refractivity contribution in [3.63, 3.8) is 0 Å². The maximum atomic E-state index is 12.3. The first-order valence-electron chi connectivity index (χ1n) is 6.90. The summed E-state index contributed by atoms with van der Waals surface area (Å²) in [6, 6.07) is 15.2. The van der Waals surface area contributed by atoms with E-state index in [9.17, 15) is 4.79 Å². The standard InChI is InChI=1S/C17H18ClNO2S/c1-12(22-11-13-6-4-3-5-7-13)17(20)19-15-10-14(18)8-9-16(15)21-2/h3-10,12H,11H2,1-2H3,(H,19,20)/t12-/m1/s1. The molecular formula is C17H18ClNO2S. The third-order valence-electron chi connectivity index (χ3n) is 3.13. The molecule has 0 saturated heterocycles. The van der Waals surface area contributed by atoms with Crippen molar-refractivity contribution >= 4 is 35.0 Å². The number of rotatable bonds is 6. The first kappa shape index (κ1) is 16.7. The molecule has 1 N–H and O–H groups in total. The predicted octanol–water partition coefficient (Wildman–Crippen LogP) is 4.61. The normalized spacial score (nSPS) is 11.8. The molecule has 0 aliphatic rings. The summed E-state index contributed by atoms with van der Waals surface area (Å²) < 4.78 is 5.23. The van der Waals surface area contributed by atoms with Crippen molar-refractivity contribution in [2.75, 3.05) is 12.4 Å². The van der Waals surface area contributed by atoms with Gasteiger partial charge >= 0.3 is 0 Å². The van der Waals surface area contributed by atoms with Crippen LogP contribution < -0.4 is 10.1 Å². The maximum absolute atomic E-state index is 12.3. The van der Waals surface area contributed by atoms with Crippen LogP contribution in [0.2, 0.25) is 5.02 Å². The lowest BCUT2D eigenvalue weighted by molar-refractivity contribution is -0.115. The largest absolute Gasteiger partial charge is 0.495 e. The molecule has 1 atom stereocenters. The highest BCUT2D eigenvalue weighted by atomic mass is 35.5. The van der Waals surface area contributed by atoms with E-state index in [2.05, 4.69) is 17.4 Å². The molecule has 0 heterocycles. The van der Waals surface area contributed by atoms with Crippen molar-refractivity contribution in [3.8, 4) is 5.75 Å². The highest BCUT2D eigenvalue weighted by Gasteiger charge is 2.15. The van der Waals surface area contributed by atoms with Crippen LogP contribution in [-0.4, -0.2) is 18.3 Å². The van der Waals surface area contributed by atoms with Crippen molar-refractivity contribution in [1.82, 2.24) is 0 Å². The van der Waals surface area contributed by atoms with Crippen LogP contribution in [0, 0.1) is 0 Å². The fourth-order valence-electron chi connectivity index (χ4n) is 1.88. The van der Waals surface area contributed by atoms with Gasteiger partial charge in [-0.15, -0.1) is 11.8 Å². The molecular weight excluding hydrogens is 318 g/mol. The Morgan fingerprint density at radius 1 is 1.27 bits per heavy atom. The number of carbonyl (C=O) groups excluding carboxylic acids is 1. The second kappa shape index (κ2) is 8.11. The van der Waals surface area contributed by atoms with Gasteiger partial charge in [0.15, 0.2) is 0 Å². The first-order valence-corrected chi connectivity index (χ1v) is 8.32. The quantitative estimate of drug-likeness (QED) is 0.837. The average Bonchev–Trinajstić information content (AvgIpc) is 2.53. The zero-order valence-electron chi connectivity index (χ0n) is 12.5. The third kappa shape index (κ3) is 4.68. The summed E-state index contributed by atoms with van der Waals surface area (Å²) in [5, 5.41) is 3.25. The zero-order valence-corrected chi connectivity index (χ0v) is 14.1. The highest BCUT2D eigenvalue weighted by molar-refractivity contribution is 7.99. The number of nitrogens with one attached hydrogen (secondary N) is 1. The second-order valence-corrected chi connectivity index (χ2v) is 6.54. The van der Waals surface area contributed by atoms with Gasteiger partial charge < -0.3 is 10.1 Å². The van der Waals surface area contributed by atoms with E-state index in [1.54, 1.807) is 37.1 Å². The minimum Gasteiger partial charge on any atom is -0.495 e. The van der Waals surface area contributed by atoms with Crippen molar-refractivity contribution in [3.05, 3.63) is 59.1 Å². The van der Waals surface area contributed by atoms with Gasteiger partial charge in [0.2, 0.25) is 5.91 Å². The number of methoxy groups -OCH3 is 1. The minimum absolute atomic E-state index is 0.0681. The lowest BCUT2D eigenvalue weighted by Gasteiger charge is -2.14.